The second-order valence-electron chi connectivity index (χ2n) is 24.6. The number of piperazine rings is 1. The van der Waals surface area contributed by atoms with E-state index in [1.165, 1.54) is 38.9 Å². The van der Waals surface area contributed by atoms with Gasteiger partial charge in [0, 0.05) is 65.3 Å². The van der Waals surface area contributed by atoms with E-state index in [0.717, 1.165) is 50.8 Å². The number of hydrogen-bond donors (Lipinski definition) is 9. The molecule has 2 aromatic carbocycles. The lowest BCUT2D eigenvalue weighted by atomic mass is 9.61. The zero-order valence-electron chi connectivity index (χ0n) is 52.8. The van der Waals surface area contributed by atoms with Crippen LogP contribution < -0.4 is 10.2 Å². The number of amides is 4. The van der Waals surface area contributed by atoms with Crippen molar-refractivity contribution in [2.75, 3.05) is 88.8 Å². The highest BCUT2D eigenvalue weighted by molar-refractivity contribution is 8.76. The number of carbonyl (C=O) groups is 4. The van der Waals surface area contributed by atoms with Crippen LogP contribution in [0.1, 0.15) is 83.4 Å². The van der Waals surface area contributed by atoms with Gasteiger partial charge in [-0.2, -0.15) is 0 Å². The number of rotatable bonds is 30. The zero-order chi connectivity index (χ0) is 67.7. The van der Waals surface area contributed by atoms with E-state index in [1.54, 1.807) is 27.9 Å². The molecule has 10 rings (SSSR count). The summed E-state index contributed by atoms with van der Waals surface area (Å²) in [7, 11) is 2.95. The molecule has 0 spiro atoms. The molecule has 4 fully saturated rings. The minimum atomic E-state index is -1.63. The molecule has 516 valence electrons. The van der Waals surface area contributed by atoms with Crippen molar-refractivity contribution in [3.8, 4) is 0 Å². The third-order valence-corrected chi connectivity index (χ3v) is 20.3. The molecule has 5 aromatic rings. The maximum Gasteiger partial charge on any atom is 0.409 e. The Morgan fingerprint density at radius 2 is 1.35 bits per heavy atom. The average molecular weight is 1360 g/mol. The first-order valence-electron chi connectivity index (χ1n) is 31.3. The van der Waals surface area contributed by atoms with Crippen LogP contribution in [0.4, 0.5) is 10.5 Å². The van der Waals surface area contributed by atoms with Crippen LogP contribution >= 0.6 is 21.6 Å². The van der Waals surface area contributed by atoms with Gasteiger partial charge in [-0.25, -0.2) is 18.8 Å². The molecule has 14 atom stereocenters. The first-order chi connectivity index (χ1) is 45.7. The number of aliphatic hydroxyl groups is 8. The summed E-state index contributed by atoms with van der Waals surface area (Å²) in [5.74, 6) is 0.262. The molecule has 1 saturated carbocycles. The maximum absolute atomic E-state index is 14.1. The minimum Gasteiger partial charge on any atom is -0.449 e. The molecule has 3 aromatic heterocycles. The van der Waals surface area contributed by atoms with Crippen LogP contribution in [0.3, 0.4) is 0 Å². The Kier molecular flexibility index (Phi) is 23.9. The highest BCUT2D eigenvalue weighted by Gasteiger charge is 2.47. The molecular formula is C62H83N13O18S2. The number of ether oxygens (including phenoxy) is 6. The largest absolute Gasteiger partial charge is 0.449 e. The van der Waals surface area contributed by atoms with Gasteiger partial charge in [-0.05, 0) is 61.6 Å². The number of allylic oxidation sites excluding steroid dienone is 3. The van der Waals surface area contributed by atoms with E-state index in [0.29, 0.717) is 72.4 Å². The molecule has 0 radical (unpaired) electrons. The van der Waals surface area contributed by atoms with Gasteiger partial charge in [0.15, 0.2) is 12.5 Å². The van der Waals surface area contributed by atoms with E-state index < -0.39 is 104 Å². The smallest absolute Gasteiger partial charge is 0.409 e. The fourth-order valence-corrected chi connectivity index (χ4v) is 14.3. The lowest BCUT2D eigenvalue weighted by Crippen LogP contribution is -2.56. The van der Waals surface area contributed by atoms with Gasteiger partial charge >= 0.3 is 6.09 Å². The summed E-state index contributed by atoms with van der Waals surface area (Å²) in [6.07, 6.45) is -5.44. The Bertz CT molecular complexity index is 3410. The Morgan fingerprint density at radius 3 is 1.94 bits per heavy atom. The van der Waals surface area contributed by atoms with Crippen molar-refractivity contribution >= 4 is 61.9 Å². The van der Waals surface area contributed by atoms with Crippen LogP contribution in [0.5, 0.6) is 0 Å². The summed E-state index contributed by atoms with van der Waals surface area (Å²) < 4.78 is 38.0. The van der Waals surface area contributed by atoms with Crippen molar-refractivity contribution < 1.29 is 88.5 Å². The van der Waals surface area contributed by atoms with Crippen LogP contribution in [0.25, 0.3) is 10.8 Å². The molecule has 4 amide bonds. The summed E-state index contributed by atoms with van der Waals surface area (Å²) in [6, 6.07) is 8.35. The highest BCUT2D eigenvalue weighted by Crippen LogP contribution is 2.49. The number of aromatic nitrogens is 9. The van der Waals surface area contributed by atoms with Gasteiger partial charge in [0.25, 0.3) is 11.8 Å². The minimum absolute atomic E-state index is 0.00390. The highest BCUT2D eigenvalue weighted by atomic mass is 33.1. The summed E-state index contributed by atoms with van der Waals surface area (Å²) in [6.45, 7) is 17.6. The standard InChI is InChI=1S/C62H83N13O18S2/c1-6-62(5)13-12-37(22-45(62)35(2)3)36(4)23-72-24-38(64-67-72)25-73-57(85)43-9-7-8-42-46(11-10-44(50(42)43)58(73)86)70-14-16-71(17-15-70)61(87)91-19-21-95-94-20-18-88-34-49(78)63-41(32-89-30-39-26-74(68-65-39)59-55(83)53(81)51(79)47(28-76)92-59)33-90-31-40-27-75(69-66-40)60-56(84)54(82)52(80)48(29-77)93-60/h6-11,24,26-27,37,41,45,47-48,51-56,59-60,76-77,79-84H,1-2,4,12-23,25,28-34H2,3,5H3,(H,63,78)/t37-,41?,45+,47-,48+,51+,52-,53+,54-,55-,56+,59-,60+,62-/m1/s1. The van der Waals surface area contributed by atoms with Gasteiger partial charge < -0.3 is 84.4 Å². The van der Waals surface area contributed by atoms with E-state index in [2.05, 4.69) is 80.8 Å². The number of carbonyl (C=O) groups excluding carboxylic acids is 4. The van der Waals surface area contributed by atoms with Crippen molar-refractivity contribution in [3.63, 3.8) is 0 Å². The second-order valence-corrected chi connectivity index (χ2v) is 27.3. The van der Waals surface area contributed by atoms with E-state index in [1.807, 2.05) is 18.2 Å². The van der Waals surface area contributed by atoms with Crippen molar-refractivity contribution in [2.24, 2.45) is 17.3 Å². The Morgan fingerprint density at radius 1 is 0.758 bits per heavy atom. The first-order valence-corrected chi connectivity index (χ1v) is 33.8. The number of anilines is 1. The van der Waals surface area contributed by atoms with Crippen molar-refractivity contribution in [2.45, 2.75) is 127 Å². The van der Waals surface area contributed by atoms with Crippen LogP contribution in [0.15, 0.2) is 85.9 Å². The van der Waals surface area contributed by atoms with Crippen LogP contribution in [-0.2, 0) is 59.5 Å². The fourth-order valence-electron chi connectivity index (χ4n) is 12.6. The fraction of sp³-hybridized carbons (Fsp3) is 0.581. The van der Waals surface area contributed by atoms with Gasteiger partial charge in [0.2, 0.25) is 5.91 Å². The van der Waals surface area contributed by atoms with E-state index in [4.69, 9.17) is 28.4 Å². The Hall–Kier alpha value is -6.80. The van der Waals surface area contributed by atoms with Gasteiger partial charge in [-0.1, -0.05) is 86.7 Å². The molecule has 0 bridgehead atoms. The lowest BCUT2D eigenvalue weighted by Gasteiger charge is -2.43. The number of benzene rings is 2. The summed E-state index contributed by atoms with van der Waals surface area (Å²) in [5.41, 5.74) is 4.88. The Balaban J connectivity index is 0.633. The predicted molar refractivity (Wildman–Crippen MR) is 341 cm³/mol. The van der Waals surface area contributed by atoms with Gasteiger partial charge in [-0.15, -0.1) is 21.9 Å². The van der Waals surface area contributed by atoms with Gasteiger partial charge in [0.1, 0.15) is 79.1 Å². The van der Waals surface area contributed by atoms with Gasteiger partial charge in [-0.3, -0.25) is 19.3 Å². The van der Waals surface area contributed by atoms with E-state index in [-0.39, 0.29) is 75.5 Å². The molecule has 5 aliphatic rings. The van der Waals surface area contributed by atoms with E-state index >= 15 is 0 Å². The maximum atomic E-state index is 14.1. The van der Waals surface area contributed by atoms with Gasteiger partial charge in [0.05, 0.1) is 84.0 Å². The third-order valence-electron chi connectivity index (χ3n) is 18.0. The molecule has 4 aliphatic heterocycles. The molecule has 1 aliphatic carbocycles. The predicted octanol–water partition coefficient (Wildman–Crippen LogP) is 0.671. The second kappa shape index (κ2) is 32.0. The molecule has 3 saturated heterocycles. The number of aliphatic hydroxyl groups excluding tert-OH is 8. The normalized spacial score (nSPS) is 27.4. The molecular weight excluding hydrogens is 1280 g/mol. The molecule has 33 heteroatoms. The average Bonchev–Trinajstić information content (AvgIpc) is 1.34. The zero-order valence-corrected chi connectivity index (χ0v) is 54.4. The van der Waals surface area contributed by atoms with Crippen molar-refractivity contribution in [3.05, 3.63) is 114 Å². The quantitative estimate of drug-likeness (QED) is 0.0132. The molecule has 9 N–H and O–H groups in total. The van der Waals surface area contributed by atoms with E-state index in [9.17, 15) is 60.0 Å². The van der Waals surface area contributed by atoms with Crippen LogP contribution in [-0.4, -0.2) is 258 Å². The summed E-state index contributed by atoms with van der Waals surface area (Å²) >= 11 is 0. The van der Waals surface area contributed by atoms with Crippen molar-refractivity contribution in [1.29, 1.82) is 0 Å². The number of nitrogens with one attached hydrogen (secondary N) is 1. The molecule has 95 heavy (non-hydrogen) atoms. The van der Waals surface area contributed by atoms with Crippen LogP contribution in [0, 0.1) is 17.3 Å². The molecule has 31 nitrogen and oxygen atoms in total. The number of hydrogen-bond acceptors (Lipinski definition) is 27. The molecule has 7 heterocycles. The summed E-state index contributed by atoms with van der Waals surface area (Å²) in [4.78, 5) is 59.6. The van der Waals surface area contributed by atoms with Crippen LogP contribution in [0.2, 0.25) is 0 Å². The van der Waals surface area contributed by atoms with Crippen molar-refractivity contribution in [1.82, 2.24) is 60.1 Å². The monoisotopic (exact) mass is 1360 g/mol. The number of nitrogens with zero attached hydrogens (tertiary/aromatic N) is 12. The molecule has 1 unspecified atom stereocenters. The third kappa shape index (κ3) is 16.4. The Labute approximate surface area is 555 Å². The lowest BCUT2D eigenvalue weighted by molar-refractivity contribution is -0.254. The first kappa shape index (κ1) is 71.0. The SMILES string of the molecule is C=C[C@]1(C)CC[C@@H](C(=C)Cn2cc(CN3C(=O)c4cccc5c(N6CCN(C(=O)OCCSSCCOCC(=O)NC(COCc7cn([C@@H]8O[C@H](CO)[C@H](O)[C@H](O)[C@H]8O)nn7)COCc7cn([C@H]8O[C@@H](CO)[C@@H](O)[C@@H](O)[C@@H]8O)nn7)CC6)ccc(c45)C3=O)nn2)C[C@H]1C(=C)C. The number of imide groups is 1. The topological polar surface area (TPSA) is 399 Å². The summed E-state index contributed by atoms with van der Waals surface area (Å²) in [5, 5.41) is 110.